The summed E-state index contributed by atoms with van der Waals surface area (Å²) in [5.41, 5.74) is 9.07. The predicted molar refractivity (Wildman–Crippen MR) is 122 cm³/mol. The van der Waals surface area contributed by atoms with Crippen molar-refractivity contribution in [3.63, 3.8) is 0 Å². The molecule has 1 amide bonds. The molecule has 0 saturated carbocycles. The normalized spacial score (nSPS) is 11.1. The molecule has 0 spiro atoms. The van der Waals surface area contributed by atoms with Crippen molar-refractivity contribution in [2.24, 2.45) is 5.73 Å². The zero-order valence-electron chi connectivity index (χ0n) is 15.8. The Balaban J connectivity index is 1.56. The van der Waals surface area contributed by atoms with E-state index in [-0.39, 0.29) is 11.7 Å². The number of H-pyrrole nitrogens is 1. The van der Waals surface area contributed by atoms with E-state index in [2.05, 4.69) is 33.7 Å². The first kappa shape index (κ1) is 18.1. The Hall–Kier alpha value is -3.97. The molecule has 2 heterocycles. The molecule has 0 aliphatic carbocycles. The molecule has 0 aliphatic heterocycles. The molecule has 7 heteroatoms. The summed E-state index contributed by atoms with van der Waals surface area (Å²) >= 11 is 1.68. The molecule has 5 rings (SSSR count). The average molecular weight is 411 g/mol. The number of benzene rings is 3. The monoisotopic (exact) mass is 411 g/mol. The van der Waals surface area contributed by atoms with Gasteiger partial charge < -0.3 is 11.1 Å². The first-order valence-corrected chi connectivity index (χ1v) is 10.1. The molecule has 6 nitrogen and oxygen atoms in total. The lowest BCUT2D eigenvalue weighted by Crippen LogP contribution is -2.14. The van der Waals surface area contributed by atoms with Crippen molar-refractivity contribution in [2.45, 2.75) is 0 Å². The van der Waals surface area contributed by atoms with Crippen molar-refractivity contribution >= 4 is 49.8 Å². The highest BCUT2D eigenvalue weighted by Gasteiger charge is 2.15. The van der Waals surface area contributed by atoms with Crippen LogP contribution < -0.4 is 11.1 Å². The number of rotatable bonds is 4. The fraction of sp³-hybridized carbons (Fsp3) is 0. The second-order valence-electron chi connectivity index (χ2n) is 6.96. The Morgan fingerprint density at radius 2 is 1.87 bits per heavy atom. The molecular formula is C23H17N5OS. The summed E-state index contributed by atoms with van der Waals surface area (Å²) in [5.74, 6) is -0.279. The van der Waals surface area contributed by atoms with Gasteiger partial charge in [0.1, 0.15) is 5.84 Å². The van der Waals surface area contributed by atoms with E-state index in [1.165, 1.54) is 10.1 Å². The van der Waals surface area contributed by atoms with Gasteiger partial charge in [-0.05, 0) is 41.8 Å². The molecule has 30 heavy (non-hydrogen) atoms. The Kier molecular flexibility index (Phi) is 4.30. The Morgan fingerprint density at radius 3 is 2.70 bits per heavy atom. The van der Waals surface area contributed by atoms with Crippen LogP contribution in [-0.4, -0.2) is 21.9 Å². The van der Waals surface area contributed by atoms with Crippen molar-refractivity contribution in [1.82, 2.24) is 10.2 Å². The molecule has 5 aromatic rings. The fourth-order valence-electron chi connectivity index (χ4n) is 3.47. The van der Waals surface area contributed by atoms with Crippen LogP contribution in [0.1, 0.15) is 15.9 Å². The van der Waals surface area contributed by atoms with E-state index >= 15 is 0 Å². The number of aromatic nitrogens is 2. The van der Waals surface area contributed by atoms with Crippen LogP contribution in [0.2, 0.25) is 0 Å². The van der Waals surface area contributed by atoms with Gasteiger partial charge in [-0.1, -0.05) is 30.3 Å². The van der Waals surface area contributed by atoms with E-state index in [0.717, 1.165) is 21.3 Å². The maximum atomic E-state index is 13.0. The van der Waals surface area contributed by atoms with Gasteiger partial charge >= 0.3 is 0 Å². The third kappa shape index (κ3) is 3.21. The summed E-state index contributed by atoms with van der Waals surface area (Å²) in [5, 5.41) is 19.7. The molecule has 0 saturated heterocycles. The smallest absolute Gasteiger partial charge is 0.255 e. The van der Waals surface area contributed by atoms with E-state index in [1.54, 1.807) is 41.8 Å². The zero-order chi connectivity index (χ0) is 20.7. The van der Waals surface area contributed by atoms with Gasteiger partial charge in [0.25, 0.3) is 5.91 Å². The van der Waals surface area contributed by atoms with Crippen molar-refractivity contribution in [1.29, 1.82) is 5.41 Å². The Bertz CT molecular complexity index is 1400. The number of nitrogens with zero attached hydrogens (tertiary/aromatic N) is 1. The van der Waals surface area contributed by atoms with Crippen molar-refractivity contribution in [2.75, 3.05) is 5.32 Å². The molecule has 0 atom stereocenters. The van der Waals surface area contributed by atoms with Crippen LogP contribution in [0.5, 0.6) is 0 Å². The van der Waals surface area contributed by atoms with E-state index in [4.69, 9.17) is 11.1 Å². The van der Waals surface area contributed by atoms with Gasteiger partial charge in [-0.15, -0.1) is 11.3 Å². The van der Waals surface area contributed by atoms with Crippen LogP contribution in [0.4, 0.5) is 5.69 Å². The summed E-state index contributed by atoms with van der Waals surface area (Å²) in [6.07, 6.45) is 1.72. The predicted octanol–water partition coefficient (Wildman–Crippen LogP) is 4.98. The summed E-state index contributed by atoms with van der Waals surface area (Å²) in [6.45, 7) is 0. The minimum atomic E-state index is -0.235. The maximum absolute atomic E-state index is 13.0. The third-order valence-electron chi connectivity index (χ3n) is 4.93. The van der Waals surface area contributed by atoms with E-state index < -0.39 is 0 Å². The number of fused-ring (bicyclic) bond motifs is 2. The van der Waals surface area contributed by atoms with E-state index in [9.17, 15) is 4.79 Å². The summed E-state index contributed by atoms with van der Waals surface area (Å²) in [4.78, 5) is 14.1. The number of hydrogen-bond acceptors (Lipinski definition) is 4. The second kappa shape index (κ2) is 7.13. The number of carbonyl (C=O) groups is 1. The second-order valence-corrected chi connectivity index (χ2v) is 8.04. The minimum Gasteiger partial charge on any atom is -0.384 e. The number of amidine groups is 1. The molecular weight excluding hydrogens is 394 g/mol. The number of nitrogens with one attached hydrogen (secondary N) is 3. The molecule has 0 radical (unpaired) electrons. The van der Waals surface area contributed by atoms with Gasteiger partial charge in [-0.25, -0.2) is 0 Å². The topological polar surface area (TPSA) is 108 Å². The number of hydrogen-bond donors (Lipinski definition) is 4. The fourth-order valence-corrected chi connectivity index (χ4v) is 4.55. The molecule has 0 fully saturated rings. The maximum Gasteiger partial charge on any atom is 0.255 e. The van der Waals surface area contributed by atoms with Crippen LogP contribution in [0, 0.1) is 5.41 Å². The number of aromatic amines is 1. The summed E-state index contributed by atoms with van der Waals surface area (Å²) in [7, 11) is 0. The number of anilines is 1. The standard InChI is InChI=1S/C23H17N5OS/c24-22(25)14-5-3-6-17(9-14)27-23(29)15-8-16-12-26-28-21(16)18(10-15)20-11-13-4-1-2-7-19(13)30-20/h1-12H,(H3,24,25)(H,26,28)(H,27,29). The highest BCUT2D eigenvalue weighted by molar-refractivity contribution is 7.22. The first-order valence-electron chi connectivity index (χ1n) is 9.30. The minimum absolute atomic E-state index is 0.0436. The quantitative estimate of drug-likeness (QED) is 0.247. The summed E-state index contributed by atoms with van der Waals surface area (Å²) in [6, 6.07) is 21.0. The lowest BCUT2D eigenvalue weighted by atomic mass is 10.0. The number of carbonyl (C=O) groups excluding carboxylic acids is 1. The lowest BCUT2D eigenvalue weighted by Gasteiger charge is -2.09. The van der Waals surface area contributed by atoms with Crippen molar-refractivity contribution in [3.05, 3.63) is 84.1 Å². The largest absolute Gasteiger partial charge is 0.384 e. The SMILES string of the molecule is N=C(N)c1cccc(NC(=O)c2cc(-c3cc4ccccc4s3)c3[nH]ncc3c2)c1. The summed E-state index contributed by atoms with van der Waals surface area (Å²) < 4.78 is 1.19. The van der Waals surface area contributed by atoms with Gasteiger partial charge in [0.2, 0.25) is 0 Å². The molecule has 2 aromatic heterocycles. The highest BCUT2D eigenvalue weighted by Crippen LogP contribution is 2.37. The first-order chi connectivity index (χ1) is 14.6. The molecule has 3 aromatic carbocycles. The zero-order valence-corrected chi connectivity index (χ0v) is 16.6. The number of nitrogen functional groups attached to an aromatic ring is 1. The Labute approximate surface area is 175 Å². The van der Waals surface area contributed by atoms with E-state index in [0.29, 0.717) is 16.8 Å². The van der Waals surface area contributed by atoms with Gasteiger partial charge in [-0.2, -0.15) is 5.10 Å². The van der Waals surface area contributed by atoms with Gasteiger partial charge in [0.05, 0.1) is 11.7 Å². The lowest BCUT2D eigenvalue weighted by molar-refractivity contribution is 0.102. The molecule has 146 valence electrons. The van der Waals surface area contributed by atoms with E-state index in [1.807, 2.05) is 24.3 Å². The average Bonchev–Trinajstić information content (AvgIpc) is 3.39. The molecule has 0 aliphatic rings. The van der Waals surface area contributed by atoms with Crippen molar-refractivity contribution in [3.8, 4) is 10.4 Å². The molecule has 5 N–H and O–H groups in total. The Morgan fingerprint density at radius 1 is 1.00 bits per heavy atom. The van der Waals surface area contributed by atoms with Crippen LogP contribution in [0.15, 0.2) is 72.9 Å². The molecule has 0 unspecified atom stereocenters. The van der Waals surface area contributed by atoms with Crippen LogP contribution in [0.25, 0.3) is 31.4 Å². The molecule has 0 bridgehead atoms. The van der Waals surface area contributed by atoms with Crippen LogP contribution in [-0.2, 0) is 0 Å². The number of amides is 1. The number of nitrogens with two attached hydrogens (primary N) is 1. The van der Waals surface area contributed by atoms with Gasteiger partial charge in [0, 0.05) is 37.3 Å². The highest BCUT2D eigenvalue weighted by atomic mass is 32.1. The van der Waals surface area contributed by atoms with Crippen LogP contribution in [0.3, 0.4) is 0 Å². The third-order valence-corrected chi connectivity index (χ3v) is 6.08. The van der Waals surface area contributed by atoms with Gasteiger partial charge in [-0.3, -0.25) is 15.3 Å². The van der Waals surface area contributed by atoms with Crippen molar-refractivity contribution < 1.29 is 4.79 Å². The van der Waals surface area contributed by atoms with Crippen LogP contribution >= 0.6 is 11.3 Å². The number of thiophene rings is 1. The van der Waals surface area contributed by atoms with Gasteiger partial charge in [0.15, 0.2) is 0 Å².